The number of nitrogens with zero attached hydrogens (tertiary/aromatic N) is 1. The van der Waals surface area contributed by atoms with E-state index >= 15 is 0 Å². The number of benzene rings is 1. The fraction of sp³-hybridized carbons (Fsp3) is 0.385. The number of oxime groups is 1. The van der Waals surface area contributed by atoms with Crippen molar-refractivity contribution < 1.29 is 10.0 Å². The molecule has 1 rings (SSSR count). The van der Waals surface area contributed by atoms with E-state index in [0.717, 1.165) is 5.56 Å². The lowest BCUT2D eigenvalue weighted by Crippen LogP contribution is -2.55. The quantitative estimate of drug-likeness (QED) is 0.343. The van der Waals surface area contributed by atoms with E-state index in [9.17, 15) is 4.79 Å². The minimum Gasteiger partial charge on any atom is -0.409 e. The summed E-state index contributed by atoms with van der Waals surface area (Å²) >= 11 is 5.85. The lowest BCUT2D eigenvalue weighted by Gasteiger charge is -2.28. The van der Waals surface area contributed by atoms with Gasteiger partial charge < -0.3 is 16.3 Å². The van der Waals surface area contributed by atoms with Gasteiger partial charge in [-0.1, -0.05) is 23.7 Å². The number of amides is 1. The van der Waals surface area contributed by atoms with Gasteiger partial charge in [0.15, 0.2) is 5.84 Å². The van der Waals surface area contributed by atoms with E-state index < -0.39 is 5.54 Å². The average molecular weight is 284 g/mol. The van der Waals surface area contributed by atoms with Crippen LogP contribution >= 0.6 is 11.6 Å². The zero-order chi connectivity index (χ0) is 14.6. The smallest absolute Gasteiger partial charge is 0.252 e. The van der Waals surface area contributed by atoms with Crippen LogP contribution in [-0.2, 0) is 0 Å². The van der Waals surface area contributed by atoms with Gasteiger partial charge >= 0.3 is 0 Å². The number of hydrogen-bond acceptors (Lipinski definition) is 3. The highest BCUT2D eigenvalue weighted by Gasteiger charge is 2.30. The molecule has 0 aliphatic heterocycles. The van der Waals surface area contributed by atoms with E-state index in [1.165, 1.54) is 0 Å². The van der Waals surface area contributed by atoms with Crippen molar-refractivity contribution in [2.45, 2.75) is 32.7 Å². The second-order valence-corrected chi connectivity index (χ2v) is 5.02. The summed E-state index contributed by atoms with van der Waals surface area (Å²) in [7, 11) is 0. The fourth-order valence-electron chi connectivity index (χ4n) is 1.64. The maximum atomic E-state index is 12.2. The molecule has 0 heterocycles. The highest BCUT2D eigenvalue weighted by atomic mass is 35.5. The van der Waals surface area contributed by atoms with Crippen molar-refractivity contribution in [3.05, 3.63) is 34.3 Å². The van der Waals surface area contributed by atoms with Gasteiger partial charge in [0.1, 0.15) is 0 Å². The standard InChI is InChI=1S/C13H18ClN3O2/c1-4-13(3,12(15)17-19)16-11(18)10-6-5-9(14)7-8(10)2/h5-7,19H,4H2,1-3H3,(H2,15,17)(H,16,18). The van der Waals surface area contributed by atoms with Crippen LogP contribution in [0.2, 0.25) is 5.02 Å². The Kier molecular flexibility index (Phi) is 4.78. The fourth-order valence-corrected chi connectivity index (χ4v) is 1.87. The van der Waals surface area contributed by atoms with Gasteiger partial charge in [0.05, 0.1) is 5.54 Å². The molecule has 4 N–H and O–H groups in total. The van der Waals surface area contributed by atoms with Crippen molar-refractivity contribution in [1.29, 1.82) is 0 Å². The Balaban J connectivity index is 3.02. The Morgan fingerprint density at radius 1 is 1.58 bits per heavy atom. The number of carbonyl (C=O) groups excluding carboxylic acids is 1. The number of hydrogen-bond donors (Lipinski definition) is 3. The normalized spacial score (nSPS) is 14.8. The van der Waals surface area contributed by atoms with Gasteiger partial charge in [-0.25, -0.2) is 0 Å². The molecule has 1 amide bonds. The topological polar surface area (TPSA) is 87.7 Å². The first-order valence-electron chi connectivity index (χ1n) is 5.90. The third-order valence-corrected chi connectivity index (χ3v) is 3.44. The molecule has 0 spiro atoms. The number of rotatable bonds is 4. The summed E-state index contributed by atoms with van der Waals surface area (Å²) in [6.07, 6.45) is 0.501. The van der Waals surface area contributed by atoms with Gasteiger partial charge in [-0.2, -0.15) is 0 Å². The van der Waals surface area contributed by atoms with E-state index in [4.69, 9.17) is 22.5 Å². The molecule has 0 radical (unpaired) electrons. The maximum absolute atomic E-state index is 12.2. The van der Waals surface area contributed by atoms with Crippen LogP contribution < -0.4 is 11.1 Å². The molecular formula is C13H18ClN3O2. The predicted octanol–water partition coefficient (Wildman–Crippen LogP) is 2.29. The van der Waals surface area contributed by atoms with Crippen LogP contribution in [0.5, 0.6) is 0 Å². The van der Waals surface area contributed by atoms with E-state index in [1.807, 2.05) is 6.92 Å². The lowest BCUT2D eigenvalue weighted by molar-refractivity contribution is 0.0924. The first-order chi connectivity index (χ1) is 8.84. The highest BCUT2D eigenvalue weighted by molar-refractivity contribution is 6.30. The van der Waals surface area contributed by atoms with E-state index in [2.05, 4.69) is 10.5 Å². The summed E-state index contributed by atoms with van der Waals surface area (Å²) < 4.78 is 0. The molecule has 0 aliphatic rings. The molecule has 1 atom stereocenters. The molecule has 0 aliphatic carbocycles. The van der Waals surface area contributed by atoms with Crippen LogP contribution in [-0.4, -0.2) is 22.5 Å². The van der Waals surface area contributed by atoms with Gasteiger partial charge in [-0.15, -0.1) is 0 Å². The summed E-state index contributed by atoms with van der Waals surface area (Å²) in [6.45, 7) is 5.34. The van der Waals surface area contributed by atoms with E-state index in [0.29, 0.717) is 17.0 Å². The van der Waals surface area contributed by atoms with Crippen molar-refractivity contribution in [2.75, 3.05) is 0 Å². The van der Waals surface area contributed by atoms with Crippen molar-refractivity contribution in [2.24, 2.45) is 10.9 Å². The van der Waals surface area contributed by atoms with Crippen LogP contribution in [0.25, 0.3) is 0 Å². The minimum atomic E-state index is -0.891. The molecule has 1 aromatic carbocycles. The summed E-state index contributed by atoms with van der Waals surface area (Å²) in [6, 6.07) is 5.01. The predicted molar refractivity (Wildman–Crippen MR) is 75.8 cm³/mol. The molecule has 0 aromatic heterocycles. The molecule has 1 unspecified atom stereocenters. The maximum Gasteiger partial charge on any atom is 0.252 e. The van der Waals surface area contributed by atoms with Gasteiger partial charge in [0.25, 0.3) is 5.91 Å². The van der Waals surface area contributed by atoms with Crippen molar-refractivity contribution in [3.63, 3.8) is 0 Å². The van der Waals surface area contributed by atoms with Crippen LogP contribution in [0.15, 0.2) is 23.4 Å². The first-order valence-corrected chi connectivity index (χ1v) is 6.28. The second-order valence-electron chi connectivity index (χ2n) is 4.58. The van der Waals surface area contributed by atoms with Crippen LogP contribution in [0.4, 0.5) is 0 Å². The number of amidine groups is 1. The molecular weight excluding hydrogens is 266 g/mol. The molecule has 0 bridgehead atoms. The second kappa shape index (κ2) is 5.93. The third-order valence-electron chi connectivity index (χ3n) is 3.20. The molecule has 5 nitrogen and oxygen atoms in total. The van der Waals surface area contributed by atoms with Gasteiger partial charge in [0, 0.05) is 10.6 Å². The minimum absolute atomic E-state index is 0.0324. The molecule has 1 aromatic rings. The number of nitrogens with one attached hydrogen (secondary N) is 1. The Bertz CT molecular complexity index is 517. The number of carbonyl (C=O) groups is 1. The molecule has 6 heteroatoms. The highest BCUT2D eigenvalue weighted by Crippen LogP contribution is 2.17. The number of nitrogens with two attached hydrogens (primary N) is 1. The third kappa shape index (κ3) is 3.38. The summed E-state index contributed by atoms with van der Waals surface area (Å²) in [5.41, 5.74) is 6.00. The largest absolute Gasteiger partial charge is 0.409 e. The molecule has 0 saturated carbocycles. The summed E-state index contributed by atoms with van der Waals surface area (Å²) in [4.78, 5) is 12.2. The van der Waals surface area contributed by atoms with Crippen LogP contribution in [0.3, 0.4) is 0 Å². The Morgan fingerprint density at radius 2 is 2.21 bits per heavy atom. The van der Waals surface area contributed by atoms with Crippen LogP contribution in [0.1, 0.15) is 36.2 Å². The van der Waals surface area contributed by atoms with Crippen molar-refractivity contribution >= 4 is 23.3 Å². The average Bonchev–Trinajstić information content (AvgIpc) is 2.37. The molecule has 104 valence electrons. The molecule has 0 saturated heterocycles. The van der Waals surface area contributed by atoms with Gasteiger partial charge in [-0.05, 0) is 44.0 Å². The van der Waals surface area contributed by atoms with Crippen LogP contribution in [0, 0.1) is 6.92 Å². The van der Waals surface area contributed by atoms with E-state index in [-0.39, 0.29) is 11.7 Å². The van der Waals surface area contributed by atoms with Crippen molar-refractivity contribution in [1.82, 2.24) is 5.32 Å². The molecule has 0 fully saturated rings. The first kappa shape index (κ1) is 15.3. The zero-order valence-electron chi connectivity index (χ0n) is 11.2. The Labute approximate surface area is 117 Å². The summed E-state index contributed by atoms with van der Waals surface area (Å²) in [5.74, 6) is -0.319. The van der Waals surface area contributed by atoms with Crippen molar-refractivity contribution in [3.8, 4) is 0 Å². The van der Waals surface area contributed by atoms with Gasteiger partial charge in [0.2, 0.25) is 0 Å². The van der Waals surface area contributed by atoms with Gasteiger partial charge in [-0.3, -0.25) is 4.79 Å². The zero-order valence-corrected chi connectivity index (χ0v) is 12.0. The Morgan fingerprint density at radius 3 is 2.68 bits per heavy atom. The monoisotopic (exact) mass is 283 g/mol. The molecule has 19 heavy (non-hydrogen) atoms. The lowest BCUT2D eigenvalue weighted by atomic mass is 9.96. The SMILES string of the molecule is CCC(C)(NC(=O)c1ccc(Cl)cc1C)/C(N)=N/O. The summed E-state index contributed by atoms with van der Waals surface area (Å²) in [5, 5.41) is 15.1. The number of aryl methyl sites for hydroxylation is 1. The van der Waals surface area contributed by atoms with E-state index in [1.54, 1.807) is 32.0 Å². The number of halogens is 1. The Hall–Kier alpha value is -1.75.